The lowest BCUT2D eigenvalue weighted by Gasteiger charge is -2.23. The van der Waals surface area contributed by atoms with Gasteiger partial charge in [-0.3, -0.25) is 4.99 Å². The number of rotatable bonds is 1. The second kappa shape index (κ2) is 3.99. The molecule has 1 aromatic rings. The Morgan fingerprint density at radius 2 is 1.65 bits per heavy atom. The molecule has 1 aliphatic heterocycles. The summed E-state index contributed by atoms with van der Waals surface area (Å²) in [6.45, 7) is 12.5. The SMILES string of the molecule is C=C1C=CC(C)(C)N=C1c1cc(C)cc(C)c1. The van der Waals surface area contributed by atoms with Crippen molar-refractivity contribution in [2.75, 3.05) is 0 Å². The molecule has 0 radical (unpaired) electrons. The van der Waals surface area contributed by atoms with Crippen LogP contribution in [0.3, 0.4) is 0 Å². The van der Waals surface area contributed by atoms with Gasteiger partial charge >= 0.3 is 0 Å². The molecular formula is C16H19N. The Bertz CT molecular complexity index is 510. The lowest BCUT2D eigenvalue weighted by Crippen LogP contribution is -2.21. The first-order chi connectivity index (χ1) is 7.87. The summed E-state index contributed by atoms with van der Waals surface area (Å²) >= 11 is 0. The van der Waals surface area contributed by atoms with Gasteiger partial charge in [-0.05, 0) is 45.4 Å². The van der Waals surface area contributed by atoms with E-state index >= 15 is 0 Å². The summed E-state index contributed by atoms with van der Waals surface area (Å²) in [5.41, 5.74) is 5.59. The summed E-state index contributed by atoms with van der Waals surface area (Å²) in [7, 11) is 0. The molecule has 0 amide bonds. The molecule has 0 aromatic heterocycles. The van der Waals surface area contributed by atoms with Crippen LogP contribution >= 0.6 is 0 Å². The lowest BCUT2D eigenvalue weighted by atomic mass is 9.93. The van der Waals surface area contributed by atoms with Crippen molar-refractivity contribution in [3.8, 4) is 0 Å². The highest BCUT2D eigenvalue weighted by molar-refractivity contribution is 6.15. The molecule has 0 saturated heterocycles. The topological polar surface area (TPSA) is 12.4 Å². The van der Waals surface area contributed by atoms with Gasteiger partial charge in [-0.15, -0.1) is 0 Å². The second-order valence-corrected chi connectivity index (χ2v) is 5.35. The monoisotopic (exact) mass is 225 g/mol. The molecule has 0 spiro atoms. The zero-order valence-corrected chi connectivity index (χ0v) is 11.0. The van der Waals surface area contributed by atoms with Gasteiger partial charge in [-0.25, -0.2) is 0 Å². The van der Waals surface area contributed by atoms with Gasteiger partial charge in [0.05, 0.1) is 11.3 Å². The number of dihydropyridines is 1. The van der Waals surface area contributed by atoms with Crippen LogP contribution in [0.4, 0.5) is 0 Å². The Balaban J connectivity index is 2.52. The van der Waals surface area contributed by atoms with Crippen molar-refractivity contribution in [3.63, 3.8) is 0 Å². The van der Waals surface area contributed by atoms with Crippen molar-refractivity contribution in [1.29, 1.82) is 0 Å². The Morgan fingerprint density at radius 1 is 1.06 bits per heavy atom. The second-order valence-electron chi connectivity index (χ2n) is 5.35. The Kier molecular flexibility index (Phi) is 2.78. The van der Waals surface area contributed by atoms with Crippen LogP contribution in [0.1, 0.15) is 30.5 Å². The Labute approximate surface area is 104 Å². The lowest BCUT2D eigenvalue weighted by molar-refractivity contribution is 0.653. The zero-order valence-electron chi connectivity index (χ0n) is 11.0. The quantitative estimate of drug-likeness (QED) is 0.685. The summed E-state index contributed by atoms with van der Waals surface area (Å²) < 4.78 is 0. The smallest absolute Gasteiger partial charge is 0.0742 e. The molecule has 2 rings (SSSR count). The fourth-order valence-corrected chi connectivity index (χ4v) is 2.14. The first-order valence-electron chi connectivity index (χ1n) is 5.94. The van der Waals surface area contributed by atoms with Crippen molar-refractivity contribution in [2.24, 2.45) is 4.99 Å². The van der Waals surface area contributed by atoms with Gasteiger partial charge in [-0.2, -0.15) is 0 Å². The van der Waals surface area contributed by atoms with E-state index < -0.39 is 0 Å². The fraction of sp³-hybridized carbons (Fsp3) is 0.312. The van der Waals surface area contributed by atoms with E-state index in [-0.39, 0.29) is 5.54 Å². The molecule has 17 heavy (non-hydrogen) atoms. The average Bonchev–Trinajstić information content (AvgIpc) is 2.20. The minimum Gasteiger partial charge on any atom is -0.274 e. The van der Waals surface area contributed by atoms with Crippen LogP contribution < -0.4 is 0 Å². The predicted molar refractivity (Wildman–Crippen MR) is 74.8 cm³/mol. The van der Waals surface area contributed by atoms with E-state index in [1.54, 1.807) is 0 Å². The van der Waals surface area contributed by atoms with Crippen molar-refractivity contribution >= 4 is 5.71 Å². The molecule has 1 aliphatic rings. The van der Waals surface area contributed by atoms with Crippen LogP contribution in [0.5, 0.6) is 0 Å². The van der Waals surface area contributed by atoms with Gasteiger partial charge in [0.15, 0.2) is 0 Å². The van der Waals surface area contributed by atoms with Crippen molar-refractivity contribution in [3.05, 3.63) is 59.2 Å². The summed E-state index contributed by atoms with van der Waals surface area (Å²) in [5, 5.41) is 0. The number of hydrogen-bond donors (Lipinski definition) is 0. The zero-order chi connectivity index (χ0) is 12.6. The normalized spacial score (nSPS) is 18.1. The molecule has 0 atom stereocenters. The van der Waals surface area contributed by atoms with E-state index in [0.717, 1.165) is 11.3 Å². The summed E-state index contributed by atoms with van der Waals surface area (Å²) in [5.74, 6) is 0. The van der Waals surface area contributed by atoms with E-state index in [1.165, 1.54) is 16.7 Å². The first-order valence-corrected chi connectivity index (χ1v) is 5.94. The third-order valence-electron chi connectivity index (χ3n) is 2.89. The van der Waals surface area contributed by atoms with Gasteiger partial charge in [0, 0.05) is 5.56 Å². The molecule has 1 heterocycles. The largest absolute Gasteiger partial charge is 0.274 e. The maximum atomic E-state index is 4.78. The van der Waals surface area contributed by atoms with Crippen LogP contribution in [0.15, 0.2) is 47.5 Å². The number of allylic oxidation sites excluding steroid dienone is 2. The van der Waals surface area contributed by atoms with E-state index in [0.29, 0.717) is 0 Å². The summed E-state index contributed by atoms with van der Waals surface area (Å²) in [4.78, 5) is 4.78. The van der Waals surface area contributed by atoms with Gasteiger partial charge in [0.2, 0.25) is 0 Å². The van der Waals surface area contributed by atoms with Crippen molar-refractivity contribution in [2.45, 2.75) is 33.2 Å². The van der Waals surface area contributed by atoms with Gasteiger partial charge < -0.3 is 0 Å². The van der Waals surface area contributed by atoms with Gasteiger partial charge in [-0.1, -0.05) is 35.9 Å². The molecule has 0 saturated carbocycles. The van der Waals surface area contributed by atoms with E-state index in [9.17, 15) is 0 Å². The predicted octanol–water partition coefficient (Wildman–Crippen LogP) is 4.00. The molecule has 0 fully saturated rings. The fourth-order valence-electron chi connectivity index (χ4n) is 2.14. The minimum absolute atomic E-state index is 0.131. The third kappa shape index (κ3) is 2.55. The standard InChI is InChI=1S/C16H19N/c1-11-8-12(2)10-14(9-11)15-13(3)6-7-16(4,5)17-15/h6-10H,3H2,1-2,4-5H3. The first kappa shape index (κ1) is 11.8. The average molecular weight is 225 g/mol. The molecule has 1 aromatic carbocycles. The van der Waals surface area contributed by atoms with Crippen LogP contribution in [0, 0.1) is 13.8 Å². The molecule has 0 aliphatic carbocycles. The van der Waals surface area contributed by atoms with Crippen LogP contribution in [-0.2, 0) is 0 Å². The molecule has 0 N–H and O–H groups in total. The highest BCUT2D eigenvalue weighted by Gasteiger charge is 2.20. The number of nitrogens with zero attached hydrogens (tertiary/aromatic N) is 1. The van der Waals surface area contributed by atoms with Gasteiger partial charge in [0.1, 0.15) is 0 Å². The summed E-state index contributed by atoms with van der Waals surface area (Å²) in [6, 6.07) is 6.52. The minimum atomic E-state index is -0.131. The molecule has 0 bridgehead atoms. The number of aryl methyl sites for hydroxylation is 2. The van der Waals surface area contributed by atoms with E-state index in [1.807, 2.05) is 0 Å². The molecule has 88 valence electrons. The van der Waals surface area contributed by atoms with E-state index in [4.69, 9.17) is 4.99 Å². The van der Waals surface area contributed by atoms with Crippen LogP contribution in [0.25, 0.3) is 0 Å². The van der Waals surface area contributed by atoms with Crippen LogP contribution in [0.2, 0.25) is 0 Å². The third-order valence-corrected chi connectivity index (χ3v) is 2.89. The Morgan fingerprint density at radius 3 is 2.24 bits per heavy atom. The molecule has 1 nitrogen and oxygen atoms in total. The molecular weight excluding hydrogens is 206 g/mol. The highest BCUT2D eigenvalue weighted by Crippen LogP contribution is 2.24. The Hall–Kier alpha value is -1.63. The summed E-state index contributed by atoms with van der Waals surface area (Å²) in [6.07, 6.45) is 4.17. The van der Waals surface area contributed by atoms with Crippen molar-refractivity contribution in [1.82, 2.24) is 0 Å². The maximum Gasteiger partial charge on any atom is 0.0742 e. The molecule has 0 unspecified atom stereocenters. The molecule has 1 heteroatoms. The van der Waals surface area contributed by atoms with Gasteiger partial charge in [0.25, 0.3) is 0 Å². The highest BCUT2D eigenvalue weighted by atomic mass is 14.9. The maximum absolute atomic E-state index is 4.78. The van der Waals surface area contributed by atoms with Crippen molar-refractivity contribution < 1.29 is 0 Å². The number of hydrogen-bond acceptors (Lipinski definition) is 1. The number of benzene rings is 1. The number of aliphatic imine (C=N–C) groups is 1. The van der Waals surface area contributed by atoms with Crippen LogP contribution in [-0.4, -0.2) is 11.3 Å². The van der Waals surface area contributed by atoms with E-state index in [2.05, 4.69) is 64.6 Å².